The number of hydrogen-bond donors (Lipinski definition) is 2. The summed E-state index contributed by atoms with van der Waals surface area (Å²) in [5.74, 6) is -3.83. The number of rotatable bonds is 4. The molecular formula is C22H24F7NO4. The van der Waals surface area contributed by atoms with E-state index in [2.05, 4.69) is 0 Å². The molecule has 3 rings (SSSR count). The van der Waals surface area contributed by atoms with Crippen molar-refractivity contribution in [3.05, 3.63) is 35.1 Å². The molecule has 1 amide bonds. The first-order valence-corrected chi connectivity index (χ1v) is 10.7. The SMILES string of the molecule is C[C@@]1(c2ccc(C(O)(C(F)(F)F)C(F)(F)F)c(F)c2)CCN(C(=O)C2CCC(C(=O)O)CC2)C1. The molecule has 1 aromatic rings. The van der Waals surface area contributed by atoms with Crippen molar-refractivity contribution in [2.75, 3.05) is 13.1 Å². The van der Waals surface area contributed by atoms with Crippen molar-refractivity contribution in [3.8, 4) is 0 Å². The van der Waals surface area contributed by atoms with Gasteiger partial charge in [-0.2, -0.15) is 26.3 Å². The highest BCUT2D eigenvalue weighted by Gasteiger charge is 2.72. The Kier molecular flexibility index (Phi) is 6.71. The molecule has 34 heavy (non-hydrogen) atoms. The maximum Gasteiger partial charge on any atom is 0.430 e. The number of benzene rings is 1. The number of carbonyl (C=O) groups excluding carboxylic acids is 1. The van der Waals surface area contributed by atoms with Gasteiger partial charge in [0, 0.05) is 30.0 Å². The molecule has 2 fully saturated rings. The third kappa shape index (κ3) is 4.48. The molecule has 1 saturated heterocycles. The Morgan fingerprint density at radius 1 is 1.00 bits per heavy atom. The molecule has 5 nitrogen and oxygen atoms in total. The maximum atomic E-state index is 14.6. The first-order valence-electron chi connectivity index (χ1n) is 10.7. The van der Waals surface area contributed by atoms with Crippen LogP contribution in [0.2, 0.25) is 0 Å². The lowest BCUT2D eigenvalue weighted by molar-refractivity contribution is -0.377. The van der Waals surface area contributed by atoms with Crippen molar-refractivity contribution in [2.24, 2.45) is 11.8 Å². The topological polar surface area (TPSA) is 77.8 Å². The zero-order valence-electron chi connectivity index (χ0n) is 18.1. The van der Waals surface area contributed by atoms with E-state index < -0.39 is 46.6 Å². The van der Waals surface area contributed by atoms with Crippen molar-refractivity contribution in [1.29, 1.82) is 0 Å². The number of alkyl halides is 6. The number of aliphatic hydroxyl groups is 1. The molecule has 0 radical (unpaired) electrons. The van der Waals surface area contributed by atoms with Crippen molar-refractivity contribution in [1.82, 2.24) is 4.90 Å². The van der Waals surface area contributed by atoms with Gasteiger partial charge in [-0.1, -0.05) is 19.1 Å². The summed E-state index contributed by atoms with van der Waals surface area (Å²) in [5, 5.41) is 18.6. The Morgan fingerprint density at radius 3 is 2.00 bits per heavy atom. The fourth-order valence-electron chi connectivity index (χ4n) is 4.88. The van der Waals surface area contributed by atoms with Crippen molar-refractivity contribution >= 4 is 11.9 Å². The Bertz CT molecular complexity index is 940. The Morgan fingerprint density at radius 2 is 1.53 bits per heavy atom. The van der Waals surface area contributed by atoms with Crippen LogP contribution in [0, 0.1) is 17.7 Å². The molecule has 1 aliphatic carbocycles. The smallest absolute Gasteiger partial charge is 0.430 e. The summed E-state index contributed by atoms with van der Waals surface area (Å²) in [7, 11) is 0. The molecule has 1 saturated carbocycles. The molecule has 0 unspecified atom stereocenters. The second kappa shape index (κ2) is 8.69. The minimum atomic E-state index is -6.20. The summed E-state index contributed by atoms with van der Waals surface area (Å²) in [6.07, 6.45) is -10.6. The summed E-state index contributed by atoms with van der Waals surface area (Å²) >= 11 is 0. The van der Waals surface area contributed by atoms with Gasteiger partial charge in [0.2, 0.25) is 5.91 Å². The standard InChI is InChI=1S/C22H24F7NO4/c1-19(8-9-30(11-19)17(31)12-2-4-13(5-3-12)18(32)33)14-6-7-15(16(23)10-14)20(34,21(24,25)26)22(27,28)29/h6-7,10,12-13,34H,2-5,8-9,11H2,1H3,(H,32,33)/t12?,13?,19-/m1/s1. The zero-order valence-corrected chi connectivity index (χ0v) is 18.1. The molecule has 0 spiro atoms. The van der Waals surface area contributed by atoms with E-state index in [-0.39, 0.29) is 36.5 Å². The molecule has 1 aromatic carbocycles. The second-order valence-corrected chi connectivity index (χ2v) is 9.36. The molecule has 190 valence electrons. The number of hydrogen-bond acceptors (Lipinski definition) is 3. The molecule has 12 heteroatoms. The van der Waals surface area contributed by atoms with Gasteiger partial charge in [-0.3, -0.25) is 9.59 Å². The highest BCUT2D eigenvalue weighted by atomic mass is 19.4. The molecular weight excluding hydrogens is 475 g/mol. The maximum absolute atomic E-state index is 14.6. The van der Waals surface area contributed by atoms with Crippen LogP contribution in [0.1, 0.15) is 50.2 Å². The first kappa shape index (κ1) is 26.2. The van der Waals surface area contributed by atoms with Crippen LogP contribution in [0.4, 0.5) is 30.7 Å². The Hall–Kier alpha value is -2.37. The van der Waals surface area contributed by atoms with E-state index in [1.165, 1.54) is 4.90 Å². The number of carboxylic acids is 1. The largest absolute Gasteiger partial charge is 0.481 e. The lowest BCUT2D eigenvalue weighted by Crippen LogP contribution is -2.54. The average molecular weight is 499 g/mol. The van der Waals surface area contributed by atoms with E-state index in [9.17, 15) is 45.4 Å². The van der Waals surface area contributed by atoms with E-state index in [4.69, 9.17) is 5.11 Å². The summed E-state index contributed by atoms with van der Waals surface area (Å²) in [5.41, 5.74) is -8.14. The van der Waals surface area contributed by atoms with E-state index in [1.54, 1.807) is 6.92 Å². The average Bonchev–Trinajstić information content (AvgIpc) is 3.14. The minimum absolute atomic E-state index is 0.0757. The van der Waals surface area contributed by atoms with Crippen LogP contribution in [0.15, 0.2) is 18.2 Å². The van der Waals surface area contributed by atoms with Gasteiger partial charge in [-0.15, -0.1) is 0 Å². The van der Waals surface area contributed by atoms with Crippen LogP contribution < -0.4 is 0 Å². The Labute approximate surface area is 190 Å². The van der Waals surface area contributed by atoms with Gasteiger partial charge in [0.05, 0.1) is 5.92 Å². The van der Waals surface area contributed by atoms with E-state index in [0.29, 0.717) is 38.2 Å². The molecule has 0 bridgehead atoms. The number of carboxylic acid groups (broad SMARTS) is 1. The fourth-order valence-corrected chi connectivity index (χ4v) is 4.88. The quantitative estimate of drug-likeness (QED) is 0.598. The number of aliphatic carboxylic acids is 1. The normalized spacial score (nSPS) is 26.6. The minimum Gasteiger partial charge on any atom is -0.481 e. The summed E-state index contributed by atoms with van der Waals surface area (Å²) < 4.78 is 93.3. The van der Waals surface area contributed by atoms with Crippen molar-refractivity contribution in [3.63, 3.8) is 0 Å². The molecule has 1 atom stereocenters. The monoisotopic (exact) mass is 499 g/mol. The van der Waals surface area contributed by atoms with Crippen LogP contribution in [0.5, 0.6) is 0 Å². The zero-order chi connectivity index (χ0) is 25.7. The lowest BCUT2D eigenvalue weighted by Gasteiger charge is -2.34. The molecule has 2 aliphatic rings. The Balaban J connectivity index is 1.79. The van der Waals surface area contributed by atoms with Gasteiger partial charge in [0.25, 0.3) is 5.60 Å². The summed E-state index contributed by atoms with van der Waals surface area (Å²) in [4.78, 5) is 25.5. The molecule has 1 aliphatic heterocycles. The first-order chi connectivity index (χ1) is 15.5. The number of halogens is 7. The van der Waals surface area contributed by atoms with Crippen molar-refractivity contribution in [2.45, 2.75) is 62.4 Å². The summed E-state index contributed by atoms with van der Waals surface area (Å²) in [6.45, 7) is 1.95. The van der Waals surface area contributed by atoms with Gasteiger partial charge in [0.15, 0.2) is 0 Å². The highest BCUT2D eigenvalue weighted by molar-refractivity contribution is 5.80. The molecule has 1 heterocycles. The van der Waals surface area contributed by atoms with E-state index in [0.717, 1.165) is 6.07 Å². The fraction of sp³-hybridized carbons (Fsp3) is 0.636. The van der Waals surface area contributed by atoms with Gasteiger partial charge >= 0.3 is 18.3 Å². The van der Waals surface area contributed by atoms with E-state index in [1.807, 2.05) is 0 Å². The number of likely N-dealkylation sites (tertiary alicyclic amines) is 1. The third-order valence-electron chi connectivity index (χ3n) is 7.09. The van der Waals surface area contributed by atoms with Crippen LogP contribution in [0.25, 0.3) is 0 Å². The predicted molar refractivity (Wildman–Crippen MR) is 104 cm³/mol. The second-order valence-electron chi connectivity index (χ2n) is 9.36. The molecule has 2 N–H and O–H groups in total. The van der Waals surface area contributed by atoms with Gasteiger partial charge in [0.1, 0.15) is 5.82 Å². The predicted octanol–water partition coefficient (Wildman–Crippen LogP) is 4.52. The van der Waals surface area contributed by atoms with E-state index >= 15 is 0 Å². The summed E-state index contributed by atoms with van der Waals surface area (Å²) in [6, 6.07) is 1.74. The van der Waals surface area contributed by atoms with Gasteiger partial charge < -0.3 is 15.1 Å². The van der Waals surface area contributed by atoms with Crippen LogP contribution >= 0.6 is 0 Å². The van der Waals surface area contributed by atoms with Crippen molar-refractivity contribution < 1.29 is 50.5 Å². The van der Waals surface area contributed by atoms with Gasteiger partial charge in [-0.05, 0) is 43.7 Å². The number of nitrogens with zero attached hydrogens (tertiary/aromatic N) is 1. The van der Waals surface area contributed by atoms with Gasteiger partial charge in [-0.25, -0.2) is 4.39 Å². The van der Waals surface area contributed by atoms with Crippen LogP contribution in [-0.2, 0) is 20.6 Å². The number of carbonyl (C=O) groups is 2. The van der Waals surface area contributed by atoms with Crippen LogP contribution in [-0.4, -0.2) is 52.4 Å². The molecule has 0 aromatic heterocycles. The van der Waals surface area contributed by atoms with Crippen LogP contribution in [0.3, 0.4) is 0 Å². The highest BCUT2D eigenvalue weighted by Crippen LogP contribution is 2.51. The lowest BCUT2D eigenvalue weighted by atomic mass is 9.79. The third-order valence-corrected chi connectivity index (χ3v) is 7.09. The number of amides is 1.